The maximum absolute atomic E-state index is 12.4. The van der Waals surface area contributed by atoms with Crippen LogP contribution in [0.1, 0.15) is 38.0 Å². The van der Waals surface area contributed by atoms with Gasteiger partial charge >= 0.3 is 0 Å². The van der Waals surface area contributed by atoms with Crippen LogP contribution in [0.3, 0.4) is 0 Å². The maximum atomic E-state index is 12.4. The Balaban J connectivity index is 2.08. The van der Waals surface area contributed by atoms with Gasteiger partial charge in [0.05, 0.1) is 4.90 Å². The zero-order valence-corrected chi connectivity index (χ0v) is 13.1. The largest absolute Gasteiger partial charge is 0.312 e. The quantitative estimate of drug-likeness (QED) is 0.848. The van der Waals surface area contributed by atoms with Crippen molar-refractivity contribution >= 4 is 21.4 Å². The Morgan fingerprint density at radius 2 is 2.21 bits per heavy atom. The van der Waals surface area contributed by atoms with E-state index in [2.05, 4.69) is 17.0 Å². The molecule has 1 aromatic heterocycles. The molecule has 6 heteroatoms. The molecule has 0 aliphatic heterocycles. The second-order valence-corrected chi connectivity index (χ2v) is 7.91. The predicted molar refractivity (Wildman–Crippen MR) is 78.8 cm³/mol. The minimum absolute atomic E-state index is 0.104. The van der Waals surface area contributed by atoms with E-state index in [1.165, 1.54) is 11.3 Å². The monoisotopic (exact) mass is 302 g/mol. The third-order valence-corrected chi connectivity index (χ3v) is 6.20. The molecule has 1 heterocycles. The number of sulfonamides is 1. The Kier molecular flexibility index (Phi) is 5.00. The summed E-state index contributed by atoms with van der Waals surface area (Å²) in [6.07, 6.45) is 3.01. The summed E-state index contributed by atoms with van der Waals surface area (Å²) in [6.45, 7) is 5.64. The van der Waals surface area contributed by atoms with Crippen molar-refractivity contribution in [3.63, 3.8) is 0 Å². The molecule has 2 N–H and O–H groups in total. The summed E-state index contributed by atoms with van der Waals surface area (Å²) >= 11 is 1.49. The van der Waals surface area contributed by atoms with E-state index in [0.29, 0.717) is 17.4 Å². The van der Waals surface area contributed by atoms with Gasteiger partial charge in [0, 0.05) is 17.5 Å². The molecule has 1 aromatic rings. The number of hydrogen-bond acceptors (Lipinski definition) is 4. The molecule has 4 nitrogen and oxygen atoms in total. The van der Waals surface area contributed by atoms with Gasteiger partial charge in [-0.1, -0.05) is 13.8 Å². The summed E-state index contributed by atoms with van der Waals surface area (Å²) in [5.74, 6) is 0.622. The zero-order valence-electron chi connectivity index (χ0n) is 11.5. The summed E-state index contributed by atoms with van der Waals surface area (Å²) in [5.41, 5.74) is 0. The molecule has 2 atom stereocenters. The summed E-state index contributed by atoms with van der Waals surface area (Å²) in [7, 11) is -3.36. The van der Waals surface area contributed by atoms with Crippen molar-refractivity contribution in [1.82, 2.24) is 10.0 Å². The minimum Gasteiger partial charge on any atom is -0.312 e. The van der Waals surface area contributed by atoms with Gasteiger partial charge in [0.2, 0.25) is 10.0 Å². The smallest absolute Gasteiger partial charge is 0.241 e. The van der Waals surface area contributed by atoms with Crippen LogP contribution in [-0.2, 0) is 16.6 Å². The van der Waals surface area contributed by atoms with Crippen LogP contribution in [0.15, 0.2) is 16.3 Å². The third-order valence-electron chi connectivity index (χ3n) is 3.55. The van der Waals surface area contributed by atoms with E-state index in [0.717, 1.165) is 30.7 Å². The molecule has 0 aromatic carbocycles. The molecule has 108 valence electrons. The van der Waals surface area contributed by atoms with Gasteiger partial charge in [0.25, 0.3) is 0 Å². The molecule has 0 saturated heterocycles. The molecule has 2 unspecified atom stereocenters. The van der Waals surface area contributed by atoms with Gasteiger partial charge in [0.1, 0.15) is 0 Å². The van der Waals surface area contributed by atoms with Crippen LogP contribution in [-0.4, -0.2) is 21.0 Å². The Morgan fingerprint density at radius 1 is 1.42 bits per heavy atom. The molecular formula is C13H22N2O2S2. The summed E-state index contributed by atoms with van der Waals surface area (Å²) in [5, 5.41) is 5.03. The number of nitrogens with one attached hydrogen (secondary N) is 2. The van der Waals surface area contributed by atoms with Crippen molar-refractivity contribution in [3.8, 4) is 0 Å². The highest BCUT2D eigenvalue weighted by molar-refractivity contribution is 7.89. The molecule has 0 radical (unpaired) electrons. The standard InChI is InChI=1S/C13H22N2O2S2/c1-3-14-9-12-13(6-7-18-12)19(16,17)15-11-5-4-10(2)8-11/h6-7,10-11,14-15H,3-5,8-9H2,1-2H3. The van der Waals surface area contributed by atoms with Gasteiger partial charge in [-0.3, -0.25) is 0 Å². The van der Waals surface area contributed by atoms with E-state index in [-0.39, 0.29) is 6.04 Å². The van der Waals surface area contributed by atoms with Gasteiger partial charge in [0.15, 0.2) is 0 Å². The topological polar surface area (TPSA) is 58.2 Å². The van der Waals surface area contributed by atoms with Crippen molar-refractivity contribution in [3.05, 3.63) is 16.3 Å². The van der Waals surface area contributed by atoms with Gasteiger partial charge in [-0.15, -0.1) is 11.3 Å². The fourth-order valence-electron chi connectivity index (χ4n) is 2.53. The molecule has 1 aliphatic rings. The Labute approximate surface area is 119 Å². The second kappa shape index (κ2) is 6.35. The molecule has 2 rings (SSSR count). The number of rotatable bonds is 6. The van der Waals surface area contributed by atoms with Gasteiger partial charge < -0.3 is 5.32 Å². The van der Waals surface area contributed by atoms with Crippen LogP contribution in [0.4, 0.5) is 0 Å². The minimum atomic E-state index is -3.36. The van der Waals surface area contributed by atoms with Crippen LogP contribution < -0.4 is 10.0 Å². The predicted octanol–water partition coefficient (Wildman–Crippen LogP) is 2.32. The van der Waals surface area contributed by atoms with Crippen molar-refractivity contribution in [2.45, 2.75) is 50.6 Å². The van der Waals surface area contributed by atoms with Crippen LogP contribution in [0.25, 0.3) is 0 Å². The highest BCUT2D eigenvalue weighted by Gasteiger charge is 2.28. The van der Waals surface area contributed by atoms with E-state index in [1.807, 2.05) is 12.3 Å². The van der Waals surface area contributed by atoms with Crippen molar-refractivity contribution < 1.29 is 8.42 Å². The fourth-order valence-corrected chi connectivity index (χ4v) is 5.23. The average molecular weight is 302 g/mol. The van der Waals surface area contributed by atoms with Crippen molar-refractivity contribution in [2.75, 3.05) is 6.54 Å². The average Bonchev–Trinajstić information content (AvgIpc) is 2.95. The van der Waals surface area contributed by atoms with Crippen molar-refractivity contribution in [1.29, 1.82) is 0 Å². The highest BCUT2D eigenvalue weighted by atomic mass is 32.2. The SMILES string of the molecule is CCNCc1sccc1S(=O)(=O)NC1CCC(C)C1. The number of thiophene rings is 1. The number of hydrogen-bond donors (Lipinski definition) is 2. The first-order chi connectivity index (χ1) is 9.03. The lowest BCUT2D eigenvalue weighted by molar-refractivity contribution is 0.537. The maximum Gasteiger partial charge on any atom is 0.241 e. The molecule has 0 spiro atoms. The Morgan fingerprint density at radius 3 is 2.84 bits per heavy atom. The lowest BCUT2D eigenvalue weighted by Crippen LogP contribution is -2.33. The Hall–Kier alpha value is -0.430. The fraction of sp³-hybridized carbons (Fsp3) is 0.692. The lowest BCUT2D eigenvalue weighted by atomic mass is 10.1. The van der Waals surface area contributed by atoms with E-state index < -0.39 is 10.0 Å². The van der Waals surface area contributed by atoms with Crippen LogP contribution >= 0.6 is 11.3 Å². The van der Waals surface area contributed by atoms with E-state index >= 15 is 0 Å². The first-order valence-electron chi connectivity index (χ1n) is 6.82. The normalized spacial score (nSPS) is 23.9. The molecule has 1 saturated carbocycles. The van der Waals surface area contributed by atoms with E-state index in [1.54, 1.807) is 6.07 Å². The zero-order chi connectivity index (χ0) is 13.9. The van der Waals surface area contributed by atoms with Gasteiger partial charge in [-0.05, 0) is 43.2 Å². The first kappa shape index (κ1) is 15.0. The molecule has 0 bridgehead atoms. The molecule has 1 fully saturated rings. The lowest BCUT2D eigenvalue weighted by Gasteiger charge is -2.13. The molecule has 0 amide bonds. The molecule has 19 heavy (non-hydrogen) atoms. The molecule has 1 aliphatic carbocycles. The van der Waals surface area contributed by atoms with E-state index in [9.17, 15) is 8.42 Å². The van der Waals surface area contributed by atoms with Crippen LogP contribution in [0.5, 0.6) is 0 Å². The van der Waals surface area contributed by atoms with Gasteiger partial charge in [-0.25, -0.2) is 13.1 Å². The third kappa shape index (κ3) is 3.78. The summed E-state index contributed by atoms with van der Waals surface area (Å²) < 4.78 is 27.7. The van der Waals surface area contributed by atoms with Crippen LogP contribution in [0, 0.1) is 5.92 Å². The van der Waals surface area contributed by atoms with Crippen molar-refractivity contribution in [2.24, 2.45) is 5.92 Å². The molecular weight excluding hydrogens is 280 g/mol. The highest BCUT2D eigenvalue weighted by Crippen LogP contribution is 2.27. The van der Waals surface area contributed by atoms with E-state index in [4.69, 9.17) is 0 Å². The summed E-state index contributed by atoms with van der Waals surface area (Å²) in [6, 6.07) is 1.81. The van der Waals surface area contributed by atoms with Crippen LogP contribution in [0.2, 0.25) is 0 Å². The van der Waals surface area contributed by atoms with Gasteiger partial charge in [-0.2, -0.15) is 0 Å². The first-order valence-corrected chi connectivity index (χ1v) is 9.18. The Bertz CT molecular complexity index is 510. The summed E-state index contributed by atoms with van der Waals surface area (Å²) in [4.78, 5) is 1.33. The second-order valence-electron chi connectivity index (χ2n) is 5.22.